The van der Waals surface area contributed by atoms with Gasteiger partial charge in [-0.3, -0.25) is 0 Å². The van der Waals surface area contributed by atoms with Gasteiger partial charge >= 0.3 is 0 Å². The summed E-state index contributed by atoms with van der Waals surface area (Å²) in [4.78, 5) is 0. The molecule has 21 heavy (non-hydrogen) atoms. The Kier molecular flexibility index (Phi) is 10.5. The van der Waals surface area contributed by atoms with Crippen molar-refractivity contribution in [3.05, 3.63) is 35.9 Å². The molecule has 1 N–H and O–H groups in total. The van der Waals surface area contributed by atoms with Crippen LogP contribution in [0.25, 0.3) is 6.08 Å². The molecule has 0 aromatic heterocycles. The fourth-order valence-corrected chi connectivity index (χ4v) is 2.30. The number of benzene rings is 1. The summed E-state index contributed by atoms with van der Waals surface area (Å²) in [6.45, 7) is 3.75. The molecule has 2 heteroatoms. The van der Waals surface area contributed by atoms with E-state index in [4.69, 9.17) is 4.74 Å². The van der Waals surface area contributed by atoms with Crippen molar-refractivity contribution in [2.24, 2.45) is 0 Å². The molecular formula is C19H30O2. The molecule has 0 fully saturated rings. The average molecular weight is 290 g/mol. The second-order valence-corrected chi connectivity index (χ2v) is 5.55. The summed E-state index contributed by atoms with van der Waals surface area (Å²) in [6.07, 6.45) is 14.6. The Balaban J connectivity index is 1.90. The predicted molar refractivity (Wildman–Crippen MR) is 90.6 cm³/mol. The molecule has 0 amide bonds. The molecule has 0 spiro atoms. The summed E-state index contributed by atoms with van der Waals surface area (Å²) in [6, 6.07) is 7.23. The van der Waals surface area contributed by atoms with E-state index in [2.05, 4.69) is 6.92 Å². The number of hydrogen-bond donors (Lipinski definition) is 1. The Hall–Kier alpha value is -1.28. The van der Waals surface area contributed by atoms with E-state index in [0.717, 1.165) is 18.6 Å². The second-order valence-electron chi connectivity index (χ2n) is 5.55. The Morgan fingerprint density at radius 3 is 2.43 bits per heavy atom. The van der Waals surface area contributed by atoms with Gasteiger partial charge in [0.1, 0.15) is 5.75 Å². The summed E-state index contributed by atoms with van der Waals surface area (Å²) in [5, 5.41) is 9.34. The van der Waals surface area contributed by atoms with Crippen LogP contribution in [-0.2, 0) is 4.74 Å². The number of phenols is 1. The van der Waals surface area contributed by atoms with Gasteiger partial charge in [0.05, 0.1) is 6.61 Å². The number of aromatic hydroxyl groups is 1. The molecule has 0 saturated carbocycles. The van der Waals surface area contributed by atoms with Crippen LogP contribution in [-0.4, -0.2) is 18.3 Å². The molecule has 0 aliphatic rings. The van der Waals surface area contributed by atoms with Crippen LogP contribution in [0.15, 0.2) is 30.3 Å². The van der Waals surface area contributed by atoms with Gasteiger partial charge in [-0.15, -0.1) is 0 Å². The maximum absolute atomic E-state index is 9.34. The normalized spacial score (nSPS) is 11.3. The SMILES string of the molecule is CCCCCCCCCCOC/C=C/c1cccc(O)c1. The number of phenolic OH excluding ortho intramolecular Hbond substituents is 1. The van der Waals surface area contributed by atoms with Crippen LogP contribution in [0.2, 0.25) is 0 Å². The lowest BCUT2D eigenvalue weighted by atomic mass is 10.1. The van der Waals surface area contributed by atoms with Crippen molar-refractivity contribution in [2.75, 3.05) is 13.2 Å². The summed E-state index contributed by atoms with van der Waals surface area (Å²) in [5.74, 6) is 0.303. The van der Waals surface area contributed by atoms with Crippen LogP contribution >= 0.6 is 0 Å². The summed E-state index contributed by atoms with van der Waals surface area (Å²) >= 11 is 0. The van der Waals surface area contributed by atoms with Gasteiger partial charge < -0.3 is 9.84 Å². The molecule has 0 unspecified atom stereocenters. The first-order valence-electron chi connectivity index (χ1n) is 8.36. The third-order valence-corrected chi connectivity index (χ3v) is 3.54. The van der Waals surface area contributed by atoms with Gasteiger partial charge in [-0.2, -0.15) is 0 Å². The zero-order valence-corrected chi connectivity index (χ0v) is 13.4. The van der Waals surface area contributed by atoms with Crippen molar-refractivity contribution in [2.45, 2.75) is 58.3 Å². The Bertz CT molecular complexity index is 385. The van der Waals surface area contributed by atoms with E-state index in [9.17, 15) is 5.11 Å². The minimum absolute atomic E-state index is 0.303. The first kappa shape index (κ1) is 17.8. The lowest BCUT2D eigenvalue weighted by Crippen LogP contribution is -1.94. The zero-order valence-electron chi connectivity index (χ0n) is 13.4. The van der Waals surface area contributed by atoms with E-state index in [1.165, 1.54) is 44.9 Å². The fraction of sp³-hybridized carbons (Fsp3) is 0.579. The molecule has 2 nitrogen and oxygen atoms in total. The summed E-state index contributed by atoms with van der Waals surface area (Å²) < 4.78 is 5.58. The summed E-state index contributed by atoms with van der Waals surface area (Å²) in [5.41, 5.74) is 1.01. The van der Waals surface area contributed by atoms with Crippen molar-refractivity contribution >= 4 is 6.08 Å². The van der Waals surface area contributed by atoms with Gasteiger partial charge in [0.2, 0.25) is 0 Å². The smallest absolute Gasteiger partial charge is 0.116 e. The van der Waals surface area contributed by atoms with Crippen LogP contribution < -0.4 is 0 Å². The van der Waals surface area contributed by atoms with Crippen molar-refractivity contribution in [1.82, 2.24) is 0 Å². The fourth-order valence-electron chi connectivity index (χ4n) is 2.30. The highest BCUT2D eigenvalue weighted by molar-refractivity contribution is 5.51. The van der Waals surface area contributed by atoms with Crippen molar-refractivity contribution in [1.29, 1.82) is 0 Å². The van der Waals surface area contributed by atoms with Crippen molar-refractivity contribution in [3.63, 3.8) is 0 Å². The van der Waals surface area contributed by atoms with E-state index in [1.54, 1.807) is 12.1 Å². The van der Waals surface area contributed by atoms with E-state index in [1.807, 2.05) is 24.3 Å². The summed E-state index contributed by atoms with van der Waals surface area (Å²) in [7, 11) is 0. The number of hydrogen-bond acceptors (Lipinski definition) is 2. The van der Waals surface area contributed by atoms with E-state index < -0.39 is 0 Å². The molecule has 118 valence electrons. The van der Waals surface area contributed by atoms with Crippen LogP contribution in [0, 0.1) is 0 Å². The van der Waals surface area contributed by atoms with Gasteiger partial charge in [0.15, 0.2) is 0 Å². The van der Waals surface area contributed by atoms with Crippen LogP contribution in [0.5, 0.6) is 5.75 Å². The van der Waals surface area contributed by atoms with Crippen LogP contribution in [0.4, 0.5) is 0 Å². The van der Waals surface area contributed by atoms with Gasteiger partial charge in [0.25, 0.3) is 0 Å². The van der Waals surface area contributed by atoms with E-state index in [-0.39, 0.29) is 0 Å². The highest BCUT2D eigenvalue weighted by atomic mass is 16.5. The zero-order chi connectivity index (χ0) is 15.2. The molecule has 0 heterocycles. The molecule has 0 atom stereocenters. The standard InChI is InChI=1S/C19H30O2/c1-2-3-4-5-6-7-8-9-15-21-16-11-13-18-12-10-14-19(20)17-18/h10-14,17,20H,2-9,15-16H2,1H3/b13-11+. The third-order valence-electron chi connectivity index (χ3n) is 3.54. The highest BCUT2D eigenvalue weighted by Crippen LogP contribution is 2.12. The maximum atomic E-state index is 9.34. The number of unbranched alkanes of at least 4 members (excludes halogenated alkanes) is 7. The molecule has 1 aromatic carbocycles. The average Bonchev–Trinajstić information content (AvgIpc) is 2.48. The first-order valence-corrected chi connectivity index (χ1v) is 8.36. The minimum Gasteiger partial charge on any atom is -0.508 e. The number of ether oxygens (including phenoxy) is 1. The maximum Gasteiger partial charge on any atom is 0.116 e. The van der Waals surface area contributed by atoms with Crippen molar-refractivity contribution < 1.29 is 9.84 Å². The quantitative estimate of drug-likeness (QED) is 0.510. The van der Waals surface area contributed by atoms with E-state index in [0.29, 0.717) is 12.4 Å². The van der Waals surface area contributed by atoms with Crippen LogP contribution in [0.1, 0.15) is 63.9 Å². The minimum atomic E-state index is 0.303. The van der Waals surface area contributed by atoms with Gasteiger partial charge in [-0.05, 0) is 24.1 Å². The van der Waals surface area contributed by atoms with Gasteiger partial charge in [0, 0.05) is 6.61 Å². The Morgan fingerprint density at radius 1 is 1.00 bits per heavy atom. The molecule has 0 aliphatic carbocycles. The predicted octanol–water partition coefficient (Wildman–Crippen LogP) is 5.56. The van der Waals surface area contributed by atoms with E-state index >= 15 is 0 Å². The Morgan fingerprint density at radius 2 is 1.71 bits per heavy atom. The molecular weight excluding hydrogens is 260 g/mol. The molecule has 0 radical (unpaired) electrons. The molecule has 1 aromatic rings. The number of rotatable bonds is 12. The first-order chi connectivity index (χ1) is 10.3. The molecule has 0 bridgehead atoms. The third kappa shape index (κ3) is 10.1. The van der Waals surface area contributed by atoms with Gasteiger partial charge in [-0.25, -0.2) is 0 Å². The molecule has 0 aliphatic heterocycles. The highest BCUT2D eigenvalue weighted by Gasteiger charge is 1.92. The molecule has 0 saturated heterocycles. The lowest BCUT2D eigenvalue weighted by molar-refractivity contribution is 0.157. The lowest BCUT2D eigenvalue weighted by Gasteiger charge is -2.02. The topological polar surface area (TPSA) is 29.5 Å². The van der Waals surface area contributed by atoms with Crippen molar-refractivity contribution in [3.8, 4) is 5.75 Å². The Labute approximate surface area is 129 Å². The monoisotopic (exact) mass is 290 g/mol. The molecule has 1 rings (SSSR count). The van der Waals surface area contributed by atoms with Gasteiger partial charge in [-0.1, -0.05) is 76.2 Å². The largest absolute Gasteiger partial charge is 0.508 e. The van der Waals surface area contributed by atoms with Crippen LogP contribution in [0.3, 0.4) is 0 Å². The second kappa shape index (κ2) is 12.5.